The van der Waals surface area contributed by atoms with E-state index in [9.17, 15) is 8.42 Å². The number of sulfone groups is 1. The van der Waals surface area contributed by atoms with Gasteiger partial charge in [0.1, 0.15) is 11.1 Å². The molecule has 106 valence electrons. The van der Waals surface area contributed by atoms with Gasteiger partial charge in [-0.1, -0.05) is 28.8 Å². The molecule has 0 radical (unpaired) electrons. The summed E-state index contributed by atoms with van der Waals surface area (Å²) in [4.78, 5) is 0. The first kappa shape index (κ1) is 14.5. The van der Waals surface area contributed by atoms with Crippen LogP contribution in [0, 0.1) is 0 Å². The van der Waals surface area contributed by atoms with E-state index in [0.29, 0.717) is 11.0 Å². The molecule has 0 aliphatic rings. The second-order valence-electron chi connectivity index (χ2n) is 3.95. The molecule has 2 aromatic rings. The van der Waals surface area contributed by atoms with E-state index in [1.54, 1.807) is 24.3 Å². The number of methoxy groups -OCH3 is 1. The molecule has 8 heteroatoms. The van der Waals surface area contributed by atoms with Crippen LogP contribution in [0.4, 0.5) is 0 Å². The van der Waals surface area contributed by atoms with E-state index in [-0.39, 0.29) is 5.75 Å². The smallest absolute Gasteiger partial charge is 0.288 e. The van der Waals surface area contributed by atoms with Crippen LogP contribution in [0.2, 0.25) is 0 Å². The molecule has 6 nitrogen and oxygen atoms in total. The maximum absolute atomic E-state index is 11.7. The van der Waals surface area contributed by atoms with E-state index in [4.69, 9.17) is 5.11 Å². The minimum Gasteiger partial charge on any atom is -0.480 e. The number of nitrogens with zero attached hydrogens (tertiary/aromatic N) is 2. The quantitative estimate of drug-likeness (QED) is 0.851. The Morgan fingerprint density at radius 1 is 1.40 bits per heavy atom. The van der Waals surface area contributed by atoms with Crippen LogP contribution in [-0.2, 0) is 20.3 Å². The molecule has 0 saturated heterocycles. The molecule has 1 heterocycles. The maximum Gasteiger partial charge on any atom is 0.288 e. The fourth-order valence-electron chi connectivity index (χ4n) is 1.54. The van der Waals surface area contributed by atoms with Crippen LogP contribution in [-0.4, -0.2) is 30.2 Å². The molecule has 0 unspecified atom stereocenters. The van der Waals surface area contributed by atoms with Crippen LogP contribution in [0.25, 0.3) is 11.3 Å². The van der Waals surface area contributed by atoms with Crippen LogP contribution in [0.15, 0.2) is 41.0 Å². The molecule has 1 N–H and O–H groups in total. The summed E-state index contributed by atoms with van der Waals surface area (Å²) in [5.74, 6) is -0.842. The van der Waals surface area contributed by atoms with Crippen LogP contribution in [0.3, 0.4) is 0 Å². The molecule has 0 amide bonds. The minimum absolute atomic E-state index is 0.212. The van der Waals surface area contributed by atoms with Gasteiger partial charge >= 0.3 is 0 Å². The molecule has 0 bridgehead atoms. The summed E-state index contributed by atoms with van der Waals surface area (Å²) in [6, 6.07) is 6.96. The Kier molecular flexibility index (Phi) is 4.35. The van der Waals surface area contributed by atoms with Gasteiger partial charge in [0.05, 0.1) is 12.9 Å². The largest absolute Gasteiger partial charge is 0.480 e. The fraction of sp³-hybridized carbons (Fsp3) is 0.167. The van der Waals surface area contributed by atoms with Crippen molar-refractivity contribution in [2.75, 3.05) is 7.11 Å². The fourth-order valence-corrected chi connectivity index (χ4v) is 3.15. The van der Waals surface area contributed by atoms with Crippen LogP contribution >= 0.6 is 11.5 Å². The molecule has 1 aromatic heterocycles. The highest BCUT2D eigenvalue weighted by Gasteiger charge is 2.11. The summed E-state index contributed by atoms with van der Waals surface area (Å²) in [5, 5.41) is 15.5. The average molecular weight is 312 g/mol. The molecule has 0 aliphatic heterocycles. The van der Waals surface area contributed by atoms with Crippen LogP contribution in [0.5, 0.6) is 0 Å². The lowest BCUT2D eigenvalue weighted by atomic mass is 10.1. The summed E-state index contributed by atoms with van der Waals surface area (Å²) >= 11 is 1.25. The minimum atomic E-state index is -3.58. The van der Waals surface area contributed by atoms with Crippen molar-refractivity contribution in [3.05, 3.63) is 46.6 Å². The van der Waals surface area contributed by atoms with Crippen molar-refractivity contribution in [2.45, 2.75) is 5.75 Å². The maximum atomic E-state index is 11.7. The molecular formula is C12H12N2O4S2. The monoisotopic (exact) mass is 312 g/mol. The molecule has 0 aliphatic carbocycles. The summed E-state index contributed by atoms with van der Waals surface area (Å²) < 4.78 is 31.7. The first-order chi connectivity index (χ1) is 9.50. The van der Waals surface area contributed by atoms with Gasteiger partial charge in [-0.15, -0.1) is 5.10 Å². The molecule has 0 spiro atoms. The summed E-state index contributed by atoms with van der Waals surface area (Å²) in [6.07, 6.45) is 0. The second kappa shape index (κ2) is 6.02. The molecular weight excluding hydrogens is 300 g/mol. The topological polar surface area (TPSA) is 89.4 Å². The highest BCUT2D eigenvalue weighted by atomic mass is 32.2. The number of benzene rings is 1. The van der Waals surface area contributed by atoms with Gasteiger partial charge in [0.2, 0.25) is 0 Å². The van der Waals surface area contributed by atoms with Gasteiger partial charge < -0.3 is 9.84 Å². The predicted octanol–water partition coefficient (Wildman–Crippen LogP) is 2.12. The van der Waals surface area contributed by atoms with E-state index in [1.165, 1.54) is 18.6 Å². The Balaban J connectivity index is 2.16. The Morgan fingerprint density at radius 3 is 2.65 bits per heavy atom. The predicted molar refractivity (Wildman–Crippen MR) is 75.7 cm³/mol. The second-order valence-corrected chi connectivity index (χ2v) is 6.41. The number of aliphatic hydroxyl groups excluding tert-OH is 1. The third-order valence-corrected chi connectivity index (χ3v) is 4.27. The first-order valence-electron chi connectivity index (χ1n) is 5.54. The standard InChI is InChI=1S/C12H12N2O4S2/c1-18-12(15)8-20(16,17)7-9-2-4-10(5-3-9)11-6-19-14-13-11/h2-6,8,15H,7H2,1H3/b12-8+. The first-order valence-corrected chi connectivity index (χ1v) is 8.09. The Bertz CT molecular complexity index is 692. The van der Waals surface area contributed by atoms with Gasteiger partial charge in [0, 0.05) is 10.9 Å². The van der Waals surface area contributed by atoms with Crippen molar-refractivity contribution >= 4 is 21.4 Å². The Labute approximate surface area is 120 Å². The zero-order valence-corrected chi connectivity index (χ0v) is 12.2. The Morgan fingerprint density at radius 2 is 2.10 bits per heavy atom. The van der Waals surface area contributed by atoms with E-state index < -0.39 is 15.8 Å². The lowest BCUT2D eigenvalue weighted by Crippen LogP contribution is -2.02. The van der Waals surface area contributed by atoms with Crippen LogP contribution < -0.4 is 0 Å². The SMILES string of the molecule is CO/C(O)=C/S(=O)(=O)Cc1ccc(-c2csnn2)cc1. The van der Waals surface area contributed by atoms with Gasteiger partial charge in [-0.25, -0.2) is 8.42 Å². The molecule has 1 aromatic carbocycles. The molecule has 0 atom stereocenters. The van der Waals surface area contributed by atoms with E-state index in [0.717, 1.165) is 11.3 Å². The number of hydrogen-bond acceptors (Lipinski definition) is 7. The van der Waals surface area contributed by atoms with E-state index in [1.807, 2.05) is 5.38 Å². The number of hydrogen-bond donors (Lipinski definition) is 1. The highest BCUT2D eigenvalue weighted by molar-refractivity contribution is 7.93. The average Bonchev–Trinajstić information content (AvgIpc) is 2.92. The lowest BCUT2D eigenvalue weighted by Gasteiger charge is -2.02. The zero-order valence-electron chi connectivity index (χ0n) is 10.6. The van der Waals surface area contributed by atoms with Gasteiger partial charge in [-0.2, -0.15) is 0 Å². The summed E-state index contributed by atoms with van der Waals surface area (Å²) in [5.41, 5.74) is 2.23. The van der Waals surface area contributed by atoms with Crippen molar-refractivity contribution in [2.24, 2.45) is 0 Å². The van der Waals surface area contributed by atoms with Crippen molar-refractivity contribution < 1.29 is 18.3 Å². The van der Waals surface area contributed by atoms with E-state index >= 15 is 0 Å². The summed E-state index contributed by atoms with van der Waals surface area (Å²) in [6.45, 7) is 0. The summed E-state index contributed by atoms with van der Waals surface area (Å²) in [7, 11) is -2.38. The van der Waals surface area contributed by atoms with Crippen molar-refractivity contribution in [1.29, 1.82) is 0 Å². The molecule has 2 rings (SSSR count). The highest BCUT2D eigenvalue weighted by Crippen LogP contribution is 2.19. The number of ether oxygens (including phenoxy) is 1. The zero-order chi connectivity index (χ0) is 14.6. The van der Waals surface area contributed by atoms with Gasteiger partial charge in [-0.3, -0.25) is 0 Å². The lowest BCUT2D eigenvalue weighted by molar-refractivity contribution is 0.137. The van der Waals surface area contributed by atoms with Crippen molar-refractivity contribution in [1.82, 2.24) is 9.59 Å². The Hall–Kier alpha value is -1.93. The third kappa shape index (κ3) is 3.78. The normalized spacial score (nSPS) is 12.3. The number of rotatable bonds is 5. The van der Waals surface area contributed by atoms with Gasteiger partial charge in [-0.05, 0) is 17.1 Å². The molecule has 20 heavy (non-hydrogen) atoms. The van der Waals surface area contributed by atoms with Crippen molar-refractivity contribution in [3.63, 3.8) is 0 Å². The van der Waals surface area contributed by atoms with Crippen LogP contribution in [0.1, 0.15) is 5.56 Å². The molecule has 0 saturated carbocycles. The van der Waals surface area contributed by atoms with Gasteiger partial charge in [0.25, 0.3) is 5.95 Å². The molecule has 0 fully saturated rings. The third-order valence-electron chi connectivity index (χ3n) is 2.47. The van der Waals surface area contributed by atoms with E-state index in [2.05, 4.69) is 14.3 Å². The van der Waals surface area contributed by atoms with Crippen molar-refractivity contribution in [3.8, 4) is 11.3 Å². The van der Waals surface area contributed by atoms with Gasteiger partial charge in [0.15, 0.2) is 9.84 Å². The number of aliphatic hydroxyl groups is 1. The number of aromatic nitrogens is 2.